The third kappa shape index (κ3) is 4.14. The lowest BCUT2D eigenvalue weighted by atomic mass is 10.3. The minimum atomic E-state index is -0.350. The molecule has 1 amide bonds. The molecule has 2 aromatic rings. The fourth-order valence-corrected chi connectivity index (χ4v) is 2.69. The van der Waals surface area contributed by atoms with Gasteiger partial charge >= 0.3 is 0 Å². The van der Waals surface area contributed by atoms with Gasteiger partial charge in [0.15, 0.2) is 5.82 Å². The van der Waals surface area contributed by atoms with E-state index in [-0.39, 0.29) is 11.2 Å². The van der Waals surface area contributed by atoms with Gasteiger partial charge in [0, 0.05) is 17.1 Å². The van der Waals surface area contributed by atoms with Crippen molar-refractivity contribution in [2.75, 3.05) is 11.2 Å². The Morgan fingerprint density at radius 3 is 2.73 bits per heavy atom. The number of hydrogen-bond donors (Lipinski definition) is 2. The maximum absolute atomic E-state index is 12.2. The summed E-state index contributed by atoms with van der Waals surface area (Å²) < 4.78 is 1.44. The van der Waals surface area contributed by atoms with Crippen molar-refractivity contribution in [1.82, 2.24) is 14.9 Å². The predicted octanol–water partition coefficient (Wildman–Crippen LogP) is 2.72. The lowest BCUT2D eigenvalue weighted by molar-refractivity contribution is -0.115. The fraction of sp³-hybridized carbons (Fsp3) is 0.357. The molecule has 1 aromatic carbocycles. The number of aromatic nitrogens is 3. The number of nitrogen functional groups attached to an aromatic ring is 1. The average Bonchev–Trinajstić information content (AvgIpc) is 2.83. The number of nitrogens with two attached hydrogens (primary N) is 1. The van der Waals surface area contributed by atoms with Gasteiger partial charge < -0.3 is 11.2 Å². The molecule has 3 N–H and O–H groups in total. The quantitative estimate of drug-likeness (QED) is 0.624. The molecule has 0 bridgehead atoms. The molecule has 0 aliphatic carbocycles. The van der Waals surface area contributed by atoms with Crippen LogP contribution in [-0.2, 0) is 11.2 Å². The van der Waals surface area contributed by atoms with Crippen LogP contribution in [0.15, 0.2) is 29.4 Å². The molecule has 22 heavy (non-hydrogen) atoms. The highest BCUT2D eigenvalue weighted by molar-refractivity contribution is 8.00. The van der Waals surface area contributed by atoms with E-state index in [1.165, 1.54) is 16.4 Å². The molecule has 118 valence electrons. The average molecular weight is 340 g/mol. The summed E-state index contributed by atoms with van der Waals surface area (Å²) in [6.07, 6.45) is 1.70. The van der Waals surface area contributed by atoms with E-state index in [0.29, 0.717) is 15.9 Å². The topological polar surface area (TPSA) is 85.8 Å². The first-order valence-electron chi connectivity index (χ1n) is 6.93. The monoisotopic (exact) mass is 339 g/mol. The minimum Gasteiger partial charge on any atom is -0.336 e. The van der Waals surface area contributed by atoms with Crippen LogP contribution in [0.4, 0.5) is 5.69 Å². The molecule has 0 radical (unpaired) electrons. The van der Waals surface area contributed by atoms with Gasteiger partial charge in [0.1, 0.15) is 0 Å². The highest BCUT2D eigenvalue weighted by Gasteiger charge is 2.19. The van der Waals surface area contributed by atoms with Gasteiger partial charge in [-0.15, -0.1) is 10.2 Å². The van der Waals surface area contributed by atoms with Crippen LogP contribution in [0.1, 0.15) is 26.1 Å². The number of thioether (sulfide) groups is 1. The summed E-state index contributed by atoms with van der Waals surface area (Å²) in [6.45, 7) is 3.84. The third-order valence-electron chi connectivity index (χ3n) is 2.97. The van der Waals surface area contributed by atoms with E-state index in [1.54, 1.807) is 31.2 Å². The van der Waals surface area contributed by atoms with Crippen molar-refractivity contribution in [2.24, 2.45) is 0 Å². The van der Waals surface area contributed by atoms with E-state index < -0.39 is 0 Å². The predicted molar refractivity (Wildman–Crippen MR) is 89.6 cm³/mol. The first kappa shape index (κ1) is 16.6. The van der Waals surface area contributed by atoms with Crippen LogP contribution in [0.5, 0.6) is 0 Å². The number of amides is 1. The number of benzene rings is 1. The van der Waals surface area contributed by atoms with E-state index in [9.17, 15) is 4.79 Å². The number of carbonyl (C=O) groups is 1. The number of hydrogen-bond acceptors (Lipinski definition) is 5. The smallest absolute Gasteiger partial charge is 0.237 e. The Morgan fingerprint density at radius 2 is 2.09 bits per heavy atom. The summed E-state index contributed by atoms with van der Waals surface area (Å²) in [5.41, 5.74) is 0.697. The molecule has 1 unspecified atom stereocenters. The number of anilines is 1. The van der Waals surface area contributed by atoms with Gasteiger partial charge in [0.05, 0.1) is 5.25 Å². The maximum atomic E-state index is 12.2. The summed E-state index contributed by atoms with van der Waals surface area (Å²) in [6, 6.07) is 6.95. The molecule has 0 spiro atoms. The van der Waals surface area contributed by atoms with Crippen molar-refractivity contribution in [3.05, 3.63) is 35.1 Å². The van der Waals surface area contributed by atoms with Crippen molar-refractivity contribution in [3.8, 4) is 0 Å². The molecular weight excluding hydrogens is 322 g/mol. The molecule has 0 aliphatic rings. The molecule has 1 atom stereocenters. The number of rotatable bonds is 6. The van der Waals surface area contributed by atoms with Crippen LogP contribution >= 0.6 is 23.4 Å². The van der Waals surface area contributed by atoms with E-state index in [0.717, 1.165) is 18.7 Å². The second-order valence-electron chi connectivity index (χ2n) is 4.78. The molecule has 0 aliphatic heterocycles. The Bertz CT molecular complexity index is 643. The van der Waals surface area contributed by atoms with Crippen LogP contribution in [0.25, 0.3) is 0 Å². The van der Waals surface area contributed by atoms with Crippen LogP contribution in [0, 0.1) is 0 Å². The summed E-state index contributed by atoms with van der Waals surface area (Å²) in [7, 11) is 0. The second kappa shape index (κ2) is 7.51. The number of halogens is 1. The van der Waals surface area contributed by atoms with Crippen LogP contribution < -0.4 is 11.2 Å². The minimum absolute atomic E-state index is 0.132. The van der Waals surface area contributed by atoms with Crippen molar-refractivity contribution in [1.29, 1.82) is 0 Å². The summed E-state index contributed by atoms with van der Waals surface area (Å²) in [4.78, 5) is 12.2. The Labute approximate surface area is 138 Å². The van der Waals surface area contributed by atoms with Gasteiger partial charge in [-0.05, 0) is 37.6 Å². The number of nitrogens with zero attached hydrogens (tertiary/aromatic N) is 3. The number of aryl methyl sites for hydroxylation is 1. The molecule has 8 heteroatoms. The van der Waals surface area contributed by atoms with Gasteiger partial charge in [-0.1, -0.05) is 30.3 Å². The van der Waals surface area contributed by atoms with Crippen molar-refractivity contribution in [3.63, 3.8) is 0 Å². The van der Waals surface area contributed by atoms with Gasteiger partial charge in [0.2, 0.25) is 11.1 Å². The standard InChI is InChI=1S/C14H18ClN5OS/c1-3-4-12-18-19-14(20(12)16)22-9(2)13(21)17-11-7-5-10(15)6-8-11/h5-9H,3-4,16H2,1-2H3,(H,17,21). The van der Waals surface area contributed by atoms with Crippen LogP contribution in [0.3, 0.4) is 0 Å². The highest BCUT2D eigenvalue weighted by atomic mass is 35.5. The summed E-state index contributed by atoms with van der Waals surface area (Å²) in [5.74, 6) is 6.52. The first-order chi connectivity index (χ1) is 10.5. The van der Waals surface area contributed by atoms with Crippen LogP contribution in [0.2, 0.25) is 5.02 Å². The molecule has 1 aromatic heterocycles. The Hall–Kier alpha value is -1.73. The first-order valence-corrected chi connectivity index (χ1v) is 8.19. The van der Waals surface area contributed by atoms with E-state index in [2.05, 4.69) is 15.5 Å². The largest absolute Gasteiger partial charge is 0.336 e. The highest BCUT2D eigenvalue weighted by Crippen LogP contribution is 2.22. The zero-order valence-corrected chi connectivity index (χ0v) is 14.0. The molecule has 0 saturated heterocycles. The van der Waals surface area contributed by atoms with Gasteiger partial charge in [-0.3, -0.25) is 4.79 Å². The third-order valence-corrected chi connectivity index (χ3v) is 4.28. The molecule has 0 fully saturated rings. The Balaban J connectivity index is 1.97. The lowest BCUT2D eigenvalue weighted by Crippen LogP contribution is -2.23. The lowest BCUT2D eigenvalue weighted by Gasteiger charge is -2.11. The fourth-order valence-electron chi connectivity index (χ4n) is 1.77. The van der Waals surface area contributed by atoms with Crippen molar-refractivity contribution >= 4 is 35.0 Å². The van der Waals surface area contributed by atoms with Gasteiger partial charge in [0.25, 0.3) is 0 Å². The molecule has 1 heterocycles. The van der Waals surface area contributed by atoms with E-state index in [4.69, 9.17) is 17.4 Å². The molecule has 6 nitrogen and oxygen atoms in total. The summed E-state index contributed by atoms with van der Waals surface area (Å²) in [5, 5.41) is 11.7. The van der Waals surface area contributed by atoms with Gasteiger partial charge in [-0.25, -0.2) is 4.68 Å². The zero-order chi connectivity index (χ0) is 16.1. The maximum Gasteiger partial charge on any atom is 0.237 e. The SMILES string of the molecule is CCCc1nnc(SC(C)C(=O)Nc2ccc(Cl)cc2)n1N. The van der Waals surface area contributed by atoms with E-state index >= 15 is 0 Å². The normalized spacial score (nSPS) is 12.1. The van der Waals surface area contributed by atoms with Crippen LogP contribution in [-0.4, -0.2) is 26.0 Å². The molecule has 2 rings (SSSR count). The number of nitrogens with one attached hydrogen (secondary N) is 1. The van der Waals surface area contributed by atoms with E-state index in [1.807, 2.05) is 6.92 Å². The van der Waals surface area contributed by atoms with Crippen molar-refractivity contribution < 1.29 is 4.79 Å². The Morgan fingerprint density at radius 1 is 1.41 bits per heavy atom. The van der Waals surface area contributed by atoms with Gasteiger partial charge in [-0.2, -0.15) is 0 Å². The second-order valence-corrected chi connectivity index (χ2v) is 6.52. The Kier molecular flexibility index (Phi) is 5.68. The molecule has 0 saturated carbocycles. The zero-order valence-electron chi connectivity index (χ0n) is 12.4. The number of carbonyl (C=O) groups excluding carboxylic acids is 1. The molecular formula is C14H18ClN5OS. The summed E-state index contributed by atoms with van der Waals surface area (Å²) >= 11 is 7.09. The van der Waals surface area contributed by atoms with Crippen molar-refractivity contribution in [2.45, 2.75) is 37.1 Å².